The predicted molar refractivity (Wildman–Crippen MR) is 140 cm³/mol. The van der Waals surface area contributed by atoms with E-state index in [1.807, 2.05) is 30.3 Å². The second kappa shape index (κ2) is 11.9. The zero-order valence-electron chi connectivity index (χ0n) is 21.6. The Labute approximate surface area is 219 Å². The molecule has 5 rings (SSSR count). The van der Waals surface area contributed by atoms with Crippen molar-refractivity contribution in [2.24, 2.45) is 11.8 Å². The average molecular weight is 505 g/mol. The number of nitrogens with zero attached hydrogens (tertiary/aromatic N) is 5. The van der Waals surface area contributed by atoms with Crippen LogP contribution in [-0.4, -0.2) is 73.3 Å². The minimum Gasteiger partial charge on any atom is -0.462 e. The number of esters is 1. The molecule has 9 nitrogen and oxygen atoms in total. The summed E-state index contributed by atoms with van der Waals surface area (Å²) in [7, 11) is 2.14. The fourth-order valence-electron chi connectivity index (χ4n) is 5.68. The van der Waals surface area contributed by atoms with Gasteiger partial charge in [0, 0.05) is 31.2 Å². The van der Waals surface area contributed by atoms with Crippen LogP contribution in [0.15, 0.2) is 30.3 Å². The Kier molecular flexibility index (Phi) is 8.17. The summed E-state index contributed by atoms with van der Waals surface area (Å²) in [6, 6.07) is 10.5. The zero-order valence-corrected chi connectivity index (χ0v) is 21.6. The number of hydrogen-bond donors (Lipinski definition) is 1. The van der Waals surface area contributed by atoms with Gasteiger partial charge in [0.25, 0.3) is 0 Å². The Bertz CT molecular complexity index is 1120. The molecule has 0 aliphatic carbocycles. The molecule has 9 heteroatoms. The van der Waals surface area contributed by atoms with Gasteiger partial charge in [-0.1, -0.05) is 30.3 Å². The van der Waals surface area contributed by atoms with E-state index in [1.165, 1.54) is 6.42 Å². The predicted octanol–water partition coefficient (Wildman–Crippen LogP) is 2.70. The molecule has 3 atom stereocenters. The molecule has 3 aliphatic heterocycles. The first-order valence-corrected chi connectivity index (χ1v) is 13.3. The van der Waals surface area contributed by atoms with Gasteiger partial charge in [-0.05, 0) is 51.4 Å². The number of fused-ring (bicyclic) bond motifs is 1. The first-order chi connectivity index (χ1) is 18.1. The molecule has 0 radical (unpaired) electrons. The molecular formula is C28H36N6O3. The van der Waals surface area contributed by atoms with E-state index >= 15 is 0 Å². The number of anilines is 1. The van der Waals surface area contributed by atoms with Crippen LogP contribution in [0.2, 0.25) is 0 Å². The lowest BCUT2D eigenvalue weighted by Crippen LogP contribution is -2.46. The van der Waals surface area contributed by atoms with E-state index < -0.39 is 0 Å². The molecule has 2 fully saturated rings. The molecule has 0 amide bonds. The van der Waals surface area contributed by atoms with Crippen LogP contribution >= 0.6 is 0 Å². The van der Waals surface area contributed by atoms with E-state index in [1.54, 1.807) is 0 Å². The highest BCUT2D eigenvalue weighted by Gasteiger charge is 2.39. The van der Waals surface area contributed by atoms with Gasteiger partial charge in [0.15, 0.2) is 0 Å². The smallest absolute Gasteiger partial charge is 0.318 e. The second-order valence-electron chi connectivity index (χ2n) is 10.3. The van der Waals surface area contributed by atoms with E-state index in [-0.39, 0.29) is 31.0 Å². The molecule has 0 bridgehead atoms. The highest BCUT2D eigenvalue weighted by Crippen LogP contribution is 2.33. The number of likely N-dealkylation sites (N-methyl/N-ethyl adjacent to an activating group) is 1. The van der Waals surface area contributed by atoms with Crippen molar-refractivity contribution in [3.05, 3.63) is 58.6 Å². The van der Waals surface area contributed by atoms with Crippen LogP contribution in [0.25, 0.3) is 4.85 Å². The van der Waals surface area contributed by atoms with E-state index in [2.05, 4.69) is 27.0 Å². The highest BCUT2D eigenvalue weighted by molar-refractivity contribution is 5.73. The first kappa shape index (κ1) is 25.4. The first-order valence-electron chi connectivity index (χ1n) is 13.3. The van der Waals surface area contributed by atoms with Gasteiger partial charge in [-0.25, -0.2) is 6.57 Å². The van der Waals surface area contributed by atoms with Crippen molar-refractivity contribution in [1.29, 1.82) is 0 Å². The second-order valence-corrected chi connectivity index (χ2v) is 10.3. The quantitative estimate of drug-likeness (QED) is 0.434. The van der Waals surface area contributed by atoms with Crippen LogP contribution in [0.5, 0.6) is 6.01 Å². The molecule has 37 heavy (non-hydrogen) atoms. The van der Waals surface area contributed by atoms with Gasteiger partial charge in [0.2, 0.25) is 6.54 Å². The molecule has 0 spiro atoms. The van der Waals surface area contributed by atoms with Crippen molar-refractivity contribution in [3.63, 3.8) is 0 Å². The van der Waals surface area contributed by atoms with Gasteiger partial charge in [-0.15, -0.1) is 0 Å². The normalized spacial score (nSPS) is 23.8. The summed E-state index contributed by atoms with van der Waals surface area (Å²) < 4.78 is 11.8. The van der Waals surface area contributed by atoms with Gasteiger partial charge >= 0.3 is 12.0 Å². The molecule has 196 valence electrons. The van der Waals surface area contributed by atoms with E-state index in [0.29, 0.717) is 44.7 Å². The van der Waals surface area contributed by atoms with Crippen molar-refractivity contribution in [3.8, 4) is 6.01 Å². The van der Waals surface area contributed by atoms with Crippen molar-refractivity contribution < 1.29 is 14.3 Å². The number of aromatic nitrogens is 2. The summed E-state index contributed by atoms with van der Waals surface area (Å²) in [5.74, 6) is 0.281. The molecule has 1 N–H and O–H groups in total. The summed E-state index contributed by atoms with van der Waals surface area (Å²) in [5.41, 5.74) is 3.10. The maximum atomic E-state index is 13.0. The minimum absolute atomic E-state index is 0.113. The molecule has 2 saturated heterocycles. The van der Waals surface area contributed by atoms with Gasteiger partial charge in [0.05, 0.1) is 17.5 Å². The lowest BCUT2D eigenvalue weighted by Gasteiger charge is -2.37. The summed E-state index contributed by atoms with van der Waals surface area (Å²) in [4.78, 5) is 30.9. The fourth-order valence-corrected chi connectivity index (χ4v) is 5.68. The van der Waals surface area contributed by atoms with Gasteiger partial charge < -0.3 is 29.4 Å². The van der Waals surface area contributed by atoms with Crippen LogP contribution in [-0.2, 0) is 29.1 Å². The van der Waals surface area contributed by atoms with Crippen molar-refractivity contribution in [2.45, 2.75) is 44.9 Å². The number of likely N-dealkylation sites (tertiary alicyclic amines) is 1. The molecular weight excluding hydrogens is 468 g/mol. The standard InChI is InChI=1S/C28H36N6O3/c1-29-15-21-17-34(14-11-23(21)27(35)36-18-20-7-4-3-5-8-20)26-24-10-12-30-16-25(24)31-28(32-26)37-19-22-9-6-13-33(22)2/h3-5,7-8,21-23,30H,6,9-19H2,2H3/t21-,22-,23?/m0/s1. The lowest BCUT2D eigenvalue weighted by molar-refractivity contribution is -0.152. The maximum Gasteiger partial charge on any atom is 0.318 e. The van der Waals surface area contributed by atoms with Gasteiger partial charge in [-0.3, -0.25) is 4.79 Å². The summed E-state index contributed by atoms with van der Waals surface area (Å²) in [5, 5.41) is 3.41. The van der Waals surface area contributed by atoms with Crippen molar-refractivity contribution >= 4 is 11.8 Å². The zero-order chi connectivity index (χ0) is 25.6. The number of ether oxygens (including phenoxy) is 2. The third kappa shape index (κ3) is 6.03. The molecule has 3 aliphatic rings. The molecule has 1 unspecified atom stereocenters. The van der Waals surface area contributed by atoms with Crippen LogP contribution in [0, 0.1) is 18.4 Å². The van der Waals surface area contributed by atoms with Crippen LogP contribution < -0.4 is 15.0 Å². The third-order valence-electron chi connectivity index (χ3n) is 7.86. The molecule has 4 heterocycles. The average Bonchev–Trinajstić information content (AvgIpc) is 3.35. The van der Waals surface area contributed by atoms with Gasteiger partial charge in [0.1, 0.15) is 19.0 Å². The van der Waals surface area contributed by atoms with Gasteiger partial charge in [-0.2, -0.15) is 9.97 Å². The van der Waals surface area contributed by atoms with E-state index in [9.17, 15) is 4.79 Å². The Hall–Kier alpha value is -3.22. The SMILES string of the molecule is [C-]#[N+]C[C@H]1CN(c2nc(OC[C@@H]3CCCN3C)nc3c2CCNC3)CCC1C(=O)OCc1ccccc1. The topological polar surface area (TPSA) is 84.2 Å². The number of rotatable bonds is 8. The number of benzene rings is 1. The van der Waals surface area contributed by atoms with E-state index in [4.69, 9.17) is 26.0 Å². The molecule has 2 aromatic rings. The fraction of sp³-hybridized carbons (Fsp3) is 0.571. The number of piperidine rings is 1. The minimum atomic E-state index is -0.290. The molecule has 1 aromatic heterocycles. The summed E-state index contributed by atoms with van der Waals surface area (Å²) in [6.45, 7) is 12.6. The van der Waals surface area contributed by atoms with E-state index in [0.717, 1.165) is 48.6 Å². The Morgan fingerprint density at radius 3 is 2.86 bits per heavy atom. The maximum absolute atomic E-state index is 13.0. The number of carbonyl (C=O) groups is 1. The largest absolute Gasteiger partial charge is 0.462 e. The highest BCUT2D eigenvalue weighted by atomic mass is 16.5. The summed E-state index contributed by atoms with van der Waals surface area (Å²) in [6.07, 6.45) is 3.80. The Morgan fingerprint density at radius 1 is 1.22 bits per heavy atom. The number of nitrogens with one attached hydrogen (secondary N) is 1. The van der Waals surface area contributed by atoms with Crippen LogP contribution in [0.1, 0.15) is 36.1 Å². The number of hydrogen-bond acceptors (Lipinski definition) is 8. The molecule has 1 aromatic carbocycles. The lowest BCUT2D eigenvalue weighted by atomic mass is 9.85. The van der Waals surface area contributed by atoms with Crippen molar-refractivity contribution in [2.75, 3.05) is 51.3 Å². The summed E-state index contributed by atoms with van der Waals surface area (Å²) >= 11 is 0. The Morgan fingerprint density at radius 2 is 2.08 bits per heavy atom. The van der Waals surface area contributed by atoms with Crippen LogP contribution in [0.3, 0.4) is 0 Å². The number of carbonyl (C=O) groups excluding carboxylic acids is 1. The molecule has 0 saturated carbocycles. The monoisotopic (exact) mass is 504 g/mol. The van der Waals surface area contributed by atoms with Crippen molar-refractivity contribution in [1.82, 2.24) is 20.2 Å². The van der Waals surface area contributed by atoms with Crippen LogP contribution in [0.4, 0.5) is 5.82 Å². The Balaban J connectivity index is 1.30. The third-order valence-corrected chi connectivity index (χ3v) is 7.86.